The molecule has 0 radical (unpaired) electrons. The molecule has 1 spiro atoms. The van der Waals surface area contributed by atoms with Gasteiger partial charge in [0.25, 0.3) is 0 Å². The Balaban J connectivity index is 2.17. The minimum Gasteiger partial charge on any atom is -0.346 e. The lowest BCUT2D eigenvalue weighted by Gasteiger charge is -2.24. The Kier molecular flexibility index (Phi) is 1.59. The minimum atomic E-state index is -0.505. The molecule has 1 heterocycles. The van der Waals surface area contributed by atoms with Crippen molar-refractivity contribution < 1.29 is 9.47 Å². The first kappa shape index (κ1) is 7.08. The maximum Gasteiger partial charge on any atom is 0.184 e. The van der Waals surface area contributed by atoms with Gasteiger partial charge < -0.3 is 9.47 Å². The second kappa shape index (κ2) is 2.47. The van der Waals surface area contributed by atoms with Crippen LogP contribution in [0.2, 0.25) is 0 Å². The topological polar surface area (TPSA) is 42.2 Å². The van der Waals surface area contributed by atoms with Crippen molar-refractivity contribution in [3.05, 3.63) is 0 Å². The number of hydrogen-bond acceptors (Lipinski definition) is 3. The summed E-state index contributed by atoms with van der Waals surface area (Å²) in [4.78, 5) is 0. The molecule has 0 aromatic rings. The molecule has 0 amide bonds. The van der Waals surface area contributed by atoms with E-state index in [1.807, 2.05) is 0 Å². The molecule has 3 heteroatoms. The molecule has 2 rings (SSSR count). The molecular weight excluding hydrogens is 142 g/mol. The lowest BCUT2D eigenvalue weighted by atomic mass is 10.1. The third-order valence-corrected chi connectivity index (χ3v) is 2.48. The monoisotopic (exact) mass is 153 g/mol. The Morgan fingerprint density at radius 1 is 1.36 bits per heavy atom. The summed E-state index contributed by atoms with van der Waals surface area (Å²) in [7, 11) is 0. The highest BCUT2D eigenvalue weighted by molar-refractivity contribution is 5.00. The summed E-state index contributed by atoms with van der Waals surface area (Å²) in [5, 5.41) is 8.78. The van der Waals surface area contributed by atoms with E-state index in [-0.39, 0.29) is 5.92 Å². The normalized spacial score (nSPS) is 34.3. The first-order chi connectivity index (χ1) is 5.37. The molecule has 1 saturated heterocycles. The van der Waals surface area contributed by atoms with Crippen molar-refractivity contribution in [2.24, 2.45) is 5.92 Å². The number of nitriles is 1. The average Bonchev–Trinajstić information content (AvgIpc) is 2.62. The van der Waals surface area contributed by atoms with E-state index in [2.05, 4.69) is 6.07 Å². The third kappa shape index (κ3) is 0.943. The number of nitrogens with zero attached hydrogens (tertiary/aromatic N) is 1. The van der Waals surface area contributed by atoms with Gasteiger partial charge in [0, 0.05) is 6.42 Å². The SMILES string of the molecule is N#C[C@@H]1CCCC12OCCO2. The van der Waals surface area contributed by atoms with Gasteiger partial charge in [-0.15, -0.1) is 0 Å². The molecule has 3 nitrogen and oxygen atoms in total. The second-order valence-electron chi connectivity index (χ2n) is 3.08. The van der Waals surface area contributed by atoms with Gasteiger partial charge in [0.2, 0.25) is 0 Å². The molecule has 60 valence electrons. The highest BCUT2D eigenvalue weighted by Gasteiger charge is 2.48. The predicted molar refractivity (Wildman–Crippen MR) is 37.6 cm³/mol. The quantitative estimate of drug-likeness (QED) is 0.522. The van der Waals surface area contributed by atoms with Crippen LogP contribution in [0.25, 0.3) is 0 Å². The summed E-state index contributed by atoms with van der Waals surface area (Å²) >= 11 is 0. The zero-order valence-corrected chi connectivity index (χ0v) is 6.38. The molecule has 0 aromatic carbocycles. The highest BCUT2D eigenvalue weighted by atomic mass is 16.7. The Labute approximate surface area is 65.9 Å². The first-order valence-corrected chi connectivity index (χ1v) is 4.05. The molecule has 1 saturated carbocycles. The fourth-order valence-electron chi connectivity index (χ4n) is 1.93. The van der Waals surface area contributed by atoms with Crippen LogP contribution in [0, 0.1) is 17.2 Å². The van der Waals surface area contributed by atoms with E-state index in [4.69, 9.17) is 14.7 Å². The van der Waals surface area contributed by atoms with Crippen molar-refractivity contribution in [1.82, 2.24) is 0 Å². The Bertz CT molecular complexity index is 185. The van der Waals surface area contributed by atoms with Crippen molar-refractivity contribution in [2.75, 3.05) is 13.2 Å². The van der Waals surface area contributed by atoms with Crippen LogP contribution in [0.3, 0.4) is 0 Å². The van der Waals surface area contributed by atoms with Crippen molar-refractivity contribution in [2.45, 2.75) is 25.0 Å². The van der Waals surface area contributed by atoms with Crippen LogP contribution >= 0.6 is 0 Å². The molecular formula is C8H11NO2. The molecule has 2 fully saturated rings. The van der Waals surface area contributed by atoms with Crippen LogP contribution in [0.4, 0.5) is 0 Å². The van der Waals surface area contributed by atoms with E-state index >= 15 is 0 Å². The lowest BCUT2D eigenvalue weighted by Crippen LogP contribution is -2.33. The summed E-state index contributed by atoms with van der Waals surface area (Å²) in [6.07, 6.45) is 2.87. The van der Waals surface area contributed by atoms with E-state index in [0.717, 1.165) is 19.3 Å². The maximum absolute atomic E-state index is 8.78. The largest absolute Gasteiger partial charge is 0.346 e. The van der Waals surface area contributed by atoms with Gasteiger partial charge in [0.15, 0.2) is 5.79 Å². The molecule has 0 aromatic heterocycles. The maximum atomic E-state index is 8.78. The lowest BCUT2D eigenvalue weighted by molar-refractivity contribution is -0.168. The zero-order valence-electron chi connectivity index (χ0n) is 6.38. The van der Waals surface area contributed by atoms with Gasteiger partial charge in [-0.25, -0.2) is 0 Å². The fraction of sp³-hybridized carbons (Fsp3) is 0.875. The Morgan fingerprint density at radius 3 is 2.73 bits per heavy atom. The van der Waals surface area contributed by atoms with E-state index in [1.54, 1.807) is 0 Å². The van der Waals surface area contributed by atoms with E-state index < -0.39 is 5.79 Å². The number of hydrogen-bond donors (Lipinski definition) is 0. The molecule has 1 aliphatic heterocycles. The first-order valence-electron chi connectivity index (χ1n) is 4.05. The van der Waals surface area contributed by atoms with Gasteiger partial charge in [0.1, 0.15) is 5.92 Å². The Morgan fingerprint density at radius 2 is 2.09 bits per heavy atom. The molecule has 11 heavy (non-hydrogen) atoms. The minimum absolute atomic E-state index is 0.0370. The van der Waals surface area contributed by atoms with E-state index in [0.29, 0.717) is 13.2 Å². The summed E-state index contributed by atoms with van der Waals surface area (Å²) in [6.45, 7) is 1.30. The molecule has 0 N–H and O–H groups in total. The van der Waals surface area contributed by atoms with Crippen molar-refractivity contribution in [1.29, 1.82) is 5.26 Å². The van der Waals surface area contributed by atoms with Gasteiger partial charge in [-0.2, -0.15) is 5.26 Å². The van der Waals surface area contributed by atoms with Crippen molar-refractivity contribution >= 4 is 0 Å². The summed E-state index contributed by atoms with van der Waals surface area (Å²) in [5.74, 6) is -0.542. The van der Waals surface area contributed by atoms with E-state index in [1.165, 1.54) is 0 Å². The molecule has 1 atom stereocenters. The van der Waals surface area contributed by atoms with Crippen LogP contribution in [0.15, 0.2) is 0 Å². The van der Waals surface area contributed by atoms with Gasteiger partial charge in [-0.1, -0.05) is 0 Å². The van der Waals surface area contributed by atoms with Crippen LogP contribution in [0.5, 0.6) is 0 Å². The zero-order chi connectivity index (χ0) is 7.73. The summed E-state index contributed by atoms with van der Waals surface area (Å²) in [5.41, 5.74) is 0. The number of rotatable bonds is 0. The van der Waals surface area contributed by atoms with Gasteiger partial charge >= 0.3 is 0 Å². The summed E-state index contributed by atoms with van der Waals surface area (Å²) < 4.78 is 10.9. The average molecular weight is 153 g/mol. The predicted octanol–water partition coefficient (Wildman–Crippen LogP) is 1.05. The fourth-order valence-corrected chi connectivity index (χ4v) is 1.93. The molecule has 2 aliphatic rings. The number of ether oxygens (including phenoxy) is 2. The van der Waals surface area contributed by atoms with Crippen LogP contribution in [-0.2, 0) is 9.47 Å². The van der Waals surface area contributed by atoms with Crippen molar-refractivity contribution in [3.8, 4) is 6.07 Å². The smallest absolute Gasteiger partial charge is 0.184 e. The molecule has 1 aliphatic carbocycles. The standard InChI is InChI=1S/C8H11NO2/c9-6-7-2-1-3-8(7)10-4-5-11-8/h7H,1-5H2/t7-/m0/s1. The highest BCUT2D eigenvalue weighted by Crippen LogP contribution is 2.41. The van der Waals surface area contributed by atoms with Gasteiger partial charge in [-0.3, -0.25) is 0 Å². The molecule has 0 unspecified atom stereocenters. The Hall–Kier alpha value is -0.590. The third-order valence-electron chi connectivity index (χ3n) is 2.48. The summed E-state index contributed by atoms with van der Waals surface area (Å²) in [6, 6.07) is 2.25. The van der Waals surface area contributed by atoms with Gasteiger partial charge in [-0.05, 0) is 12.8 Å². The van der Waals surface area contributed by atoms with Gasteiger partial charge in [0.05, 0.1) is 19.3 Å². The van der Waals surface area contributed by atoms with Crippen LogP contribution < -0.4 is 0 Å². The van der Waals surface area contributed by atoms with E-state index in [9.17, 15) is 0 Å². The van der Waals surface area contributed by atoms with Crippen LogP contribution in [0.1, 0.15) is 19.3 Å². The molecule has 0 bridgehead atoms. The van der Waals surface area contributed by atoms with Crippen LogP contribution in [-0.4, -0.2) is 19.0 Å². The second-order valence-corrected chi connectivity index (χ2v) is 3.08. The van der Waals surface area contributed by atoms with Crippen molar-refractivity contribution in [3.63, 3.8) is 0 Å².